The number of hydrogen-bond donors (Lipinski definition) is 1. The fraction of sp³-hybridized carbons (Fsp3) is 0.200. The molecule has 0 spiro atoms. The third kappa shape index (κ3) is 4.69. The van der Waals surface area contributed by atoms with Crippen LogP contribution in [0.25, 0.3) is 20.8 Å². The lowest BCUT2D eigenvalue weighted by atomic mass is 10.0. The van der Waals surface area contributed by atoms with Gasteiger partial charge in [-0.1, -0.05) is 32.0 Å². The summed E-state index contributed by atoms with van der Waals surface area (Å²) in [6.07, 6.45) is 0. The van der Waals surface area contributed by atoms with Gasteiger partial charge in [-0.2, -0.15) is 0 Å². The summed E-state index contributed by atoms with van der Waals surface area (Å²) in [5.41, 5.74) is 5.26. The van der Waals surface area contributed by atoms with Gasteiger partial charge < -0.3 is 10.1 Å². The zero-order valence-electron chi connectivity index (χ0n) is 17.3. The molecule has 0 aliphatic carbocycles. The third-order valence-corrected chi connectivity index (χ3v) is 5.94. The number of aryl methyl sites for hydroxylation is 1. The van der Waals surface area contributed by atoms with Gasteiger partial charge in [-0.15, -0.1) is 11.3 Å². The first-order valence-electron chi connectivity index (χ1n) is 9.98. The van der Waals surface area contributed by atoms with Crippen LogP contribution in [0.1, 0.15) is 30.9 Å². The van der Waals surface area contributed by atoms with Gasteiger partial charge in [0, 0.05) is 11.3 Å². The van der Waals surface area contributed by atoms with E-state index in [9.17, 15) is 4.79 Å². The number of hydrogen-bond acceptors (Lipinski definition) is 4. The number of fused-ring (bicyclic) bond motifs is 1. The Bertz CT molecular complexity index is 1160. The number of rotatable bonds is 6. The van der Waals surface area contributed by atoms with Crippen LogP contribution in [0.3, 0.4) is 0 Å². The minimum atomic E-state index is -0.189. The lowest BCUT2D eigenvalue weighted by Crippen LogP contribution is -2.20. The number of thiazole rings is 1. The maximum Gasteiger partial charge on any atom is 0.262 e. The predicted molar refractivity (Wildman–Crippen MR) is 124 cm³/mol. The van der Waals surface area contributed by atoms with Gasteiger partial charge in [0.1, 0.15) is 10.8 Å². The van der Waals surface area contributed by atoms with Gasteiger partial charge in [0.25, 0.3) is 5.91 Å². The molecule has 4 rings (SSSR count). The maximum atomic E-state index is 12.2. The Morgan fingerprint density at radius 2 is 1.77 bits per heavy atom. The van der Waals surface area contributed by atoms with Crippen molar-refractivity contribution >= 4 is 33.1 Å². The maximum absolute atomic E-state index is 12.2. The van der Waals surface area contributed by atoms with Crippen LogP contribution in [0.5, 0.6) is 5.75 Å². The molecular formula is C25H24N2O2S. The number of amides is 1. The number of carbonyl (C=O) groups is 1. The standard InChI is InChI=1S/C25H24N2O2S/c1-16(2)18-7-11-21(12-8-18)29-15-24(28)26-20-9-5-19(6-10-20)25-27-22-13-4-17(3)14-23(22)30-25/h4-14,16H,15H2,1-3H3,(H,26,28). The SMILES string of the molecule is Cc1ccc2nc(-c3ccc(NC(=O)COc4ccc(C(C)C)cc4)cc3)sc2c1. The summed E-state index contributed by atoms with van der Waals surface area (Å²) in [6, 6.07) is 21.9. The Labute approximate surface area is 180 Å². The lowest BCUT2D eigenvalue weighted by Gasteiger charge is -2.09. The van der Waals surface area contributed by atoms with Gasteiger partial charge in [0.05, 0.1) is 10.2 Å². The Morgan fingerprint density at radius 1 is 1.03 bits per heavy atom. The lowest BCUT2D eigenvalue weighted by molar-refractivity contribution is -0.118. The number of carbonyl (C=O) groups excluding carboxylic acids is 1. The summed E-state index contributed by atoms with van der Waals surface area (Å²) in [4.78, 5) is 16.9. The van der Waals surface area contributed by atoms with Crippen LogP contribution < -0.4 is 10.1 Å². The van der Waals surface area contributed by atoms with Crippen molar-refractivity contribution in [1.29, 1.82) is 0 Å². The van der Waals surface area contributed by atoms with Crippen LogP contribution >= 0.6 is 11.3 Å². The highest BCUT2D eigenvalue weighted by molar-refractivity contribution is 7.21. The number of anilines is 1. The topological polar surface area (TPSA) is 51.2 Å². The Kier molecular flexibility index (Phi) is 5.81. The van der Waals surface area contributed by atoms with E-state index >= 15 is 0 Å². The second-order valence-corrected chi connectivity index (χ2v) is 8.66. The average molecular weight is 417 g/mol. The third-order valence-electron chi connectivity index (χ3n) is 4.88. The highest BCUT2D eigenvalue weighted by Crippen LogP contribution is 2.31. The van der Waals surface area contributed by atoms with E-state index < -0.39 is 0 Å². The van der Waals surface area contributed by atoms with Crippen LogP contribution in [-0.2, 0) is 4.79 Å². The monoisotopic (exact) mass is 416 g/mol. The first-order valence-corrected chi connectivity index (χ1v) is 10.8. The second-order valence-electron chi connectivity index (χ2n) is 7.63. The van der Waals surface area contributed by atoms with E-state index in [1.54, 1.807) is 11.3 Å². The van der Waals surface area contributed by atoms with Crippen LogP contribution in [0.15, 0.2) is 66.7 Å². The van der Waals surface area contributed by atoms with Crippen molar-refractivity contribution in [2.75, 3.05) is 11.9 Å². The largest absolute Gasteiger partial charge is 0.484 e. The fourth-order valence-electron chi connectivity index (χ4n) is 3.15. The van der Waals surface area contributed by atoms with Crippen molar-refractivity contribution < 1.29 is 9.53 Å². The molecule has 1 N–H and O–H groups in total. The summed E-state index contributed by atoms with van der Waals surface area (Å²) >= 11 is 1.67. The predicted octanol–water partition coefficient (Wildman–Crippen LogP) is 6.41. The quantitative estimate of drug-likeness (QED) is 0.395. The molecule has 5 heteroatoms. The minimum absolute atomic E-state index is 0.0278. The molecule has 0 fully saturated rings. The molecule has 0 unspecified atom stereocenters. The van der Waals surface area contributed by atoms with Crippen molar-refractivity contribution in [3.05, 3.63) is 77.9 Å². The van der Waals surface area contributed by atoms with Gasteiger partial charge in [-0.3, -0.25) is 4.79 Å². The molecule has 4 nitrogen and oxygen atoms in total. The van der Waals surface area contributed by atoms with Gasteiger partial charge >= 0.3 is 0 Å². The number of aromatic nitrogens is 1. The second kappa shape index (κ2) is 8.67. The van der Waals surface area contributed by atoms with Gasteiger partial charge in [-0.05, 0) is 72.5 Å². The minimum Gasteiger partial charge on any atom is -0.484 e. The summed E-state index contributed by atoms with van der Waals surface area (Å²) in [5, 5.41) is 3.85. The number of nitrogens with one attached hydrogen (secondary N) is 1. The van der Waals surface area contributed by atoms with E-state index in [0.717, 1.165) is 21.8 Å². The van der Waals surface area contributed by atoms with Crippen LogP contribution in [0.2, 0.25) is 0 Å². The van der Waals surface area contributed by atoms with Crippen molar-refractivity contribution in [3.8, 4) is 16.3 Å². The van der Waals surface area contributed by atoms with Crippen molar-refractivity contribution in [1.82, 2.24) is 4.98 Å². The molecular weight excluding hydrogens is 392 g/mol. The van der Waals surface area contributed by atoms with Gasteiger partial charge in [0.15, 0.2) is 6.61 Å². The molecule has 0 aliphatic rings. The van der Waals surface area contributed by atoms with Crippen LogP contribution in [-0.4, -0.2) is 17.5 Å². The number of ether oxygens (including phenoxy) is 1. The van der Waals surface area contributed by atoms with E-state index in [1.165, 1.54) is 15.8 Å². The molecule has 152 valence electrons. The molecule has 3 aromatic carbocycles. The molecule has 1 heterocycles. The Hall–Kier alpha value is -3.18. The van der Waals surface area contributed by atoms with E-state index in [1.807, 2.05) is 48.5 Å². The molecule has 30 heavy (non-hydrogen) atoms. The highest BCUT2D eigenvalue weighted by Gasteiger charge is 2.08. The molecule has 0 atom stereocenters. The molecule has 1 amide bonds. The van der Waals surface area contributed by atoms with Crippen LogP contribution in [0, 0.1) is 6.92 Å². The normalized spacial score (nSPS) is 11.1. The number of nitrogens with zero attached hydrogens (tertiary/aromatic N) is 1. The van der Waals surface area contributed by atoms with E-state index in [2.05, 4.69) is 44.3 Å². The molecule has 0 aliphatic heterocycles. The summed E-state index contributed by atoms with van der Waals surface area (Å²) in [6.45, 7) is 6.35. The Morgan fingerprint density at radius 3 is 2.47 bits per heavy atom. The summed E-state index contributed by atoms with van der Waals surface area (Å²) in [5.74, 6) is 0.972. The van der Waals surface area contributed by atoms with Gasteiger partial charge in [-0.25, -0.2) is 4.98 Å². The molecule has 0 saturated heterocycles. The van der Waals surface area contributed by atoms with E-state index in [4.69, 9.17) is 9.72 Å². The average Bonchev–Trinajstić information content (AvgIpc) is 3.16. The summed E-state index contributed by atoms with van der Waals surface area (Å²) < 4.78 is 6.77. The van der Waals surface area contributed by atoms with E-state index in [-0.39, 0.29) is 12.5 Å². The number of benzene rings is 3. The van der Waals surface area contributed by atoms with Crippen LogP contribution in [0.4, 0.5) is 5.69 Å². The molecule has 0 bridgehead atoms. The molecule has 4 aromatic rings. The fourth-order valence-corrected chi connectivity index (χ4v) is 4.22. The van der Waals surface area contributed by atoms with Crippen molar-refractivity contribution in [3.63, 3.8) is 0 Å². The van der Waals surface area contributed by atoms with Gasteiger partial charge in [0.2, 0.25) is 0 Å². The van der Waals surface area contributed by atoms with Crippen molar-refractivity contribution in [2.24, 2.45) is 0 Å². The smallest absolute Gasteiger partial charge is 0.262 e. The molecule has 0 saturated carbocycles. The first kappa shape index (κ1) is 20.1. The summed E-state index contributed by atoms with van der Waals surface area (Å²) in [7, 11) is 0. The van der Waals surface area contributed by atoms with Crippen molar-refractivity contribution in [2.45, 2.75) is 26.7 Å². The first-order chi connectivity index (χ1) is 14.5. The highest BCUT2D eigenvalue weighted by atomic mass is 32.1. The zero-order valence-corrected chi connectivity index (χ0v) is 18.1. The van der Waals surface area contributed by atoms with E-state index in [0.29, 0.717) is 11.7 Å². The molecule has 0 radical (unpaired) electrons. The Balaban J connectivity index is 1.36. The zero-order chi connectivity index (χ0) is 21.1. The molecule has 1 aromatic heterocycles.